The monoisotopic (exact) mass is 344 g/mol. The van der Waals surface area contributed by atoms with E-state index in [4.69, 9.17) is 0 Å². The molecule has 0 heterocycles. The second-order valence-corrected chi connectivity index (χ2v) is 12.8. The van der Waals surface area contributed by atoms with Crippen LogP contribution in [0.25, 0.3) is 11.1 Å². The smallest absolute Gasteiger partial charge is 0.0654 e. The largest absolute Gasteiger partial charge is 0.113 e. The first-order chi connectivity index (χ1) is 11.8. The predicted molar refractivity (Wildman–Crippen MR) is 114 cm³/mol. The summed E-state index contributed by atoms with van der Waals surface area (Å²) in [5, 5.41) is 3.23. The SMILES string of the molecule is CC1=C(C)c2c(cccc2[Si](C)(C)c2cccc3c2C(C)=C(C)C3)C1. The van der Waals surface area contributed by atoms with E-state index in [1.165, 1.54) is 33.4 Å². The summed E-state index contributed by atoms with van der Waals surface area (Å²) in [5.74, 6) is 0. The Bertz CT molecular complexity index is 877. The van der Waals surface area contributed by atoms with Crippen LogP contribution in [-0.2, 0) is 12.8 Å². The number of hydrogen-bond acceptors (Lipinski definition) is 0. The van der Waals surface area contributed by atoms with E-state index in [2.05, 4.69) is 77.2 Å². The lowest BCUT2D eigenvalue weighted by Gasteiger charge is -2.29. The molecule has 4 rings (SSSR count). The fourth-order valence-electron chi connectivity index (χ4n) is 4.83. The maximum atomic E-state index is 2.54. The minimum Gasteiger partial charge on any atom is -0.0654 e. The number of benzene rings is 2. The maximum absolute atomic E-state index is 2.54. The second kappa shape index (κ2) is 5.57. The van der Waals surface area contributed by atoms with Gasteiger partial charge in [-0.2, -0.15) is 0 Å². The zero-order chi connectivity index (χ0) is 17.9. The molecule has 0 amide bonds. The molecule has 0 bridgehead atoms. The molecule has 0 nitrogen and oxygen atoms in total. The van der Waals surface area contributed by atoms with Crippen LogP contribution >= 0.6 is 0 Å². The molecule has 0 aliphatic heterocycles. The van der Waals surface area contributed by atoms with E-state index >= 15 is 0 Å². The van der Waals surface area contributed by atoms with Crippen LogP contribution in [0.4, 0.5) is 0 Å². The molecule has 0 aromatic heterocycles. The van der Waals surface area contributed by atoms with E-state index in [0.717, 1.165) is 12.8 Å². The minimum atomic E-state index is -1.78. The standard InChI is InChI=1S/C24H28Si/c1-15-13-19-9-7-11-21(23(19)17(15)3)25(5,6)22-12-8-10-20-14-16(2)18(4)24(20)22/h7-12H,13-14H2,1-6H3. The van der Waals surface area contributed by atoms with Crippen LogP contribution < -0.4 is 10.4 Å². The van der Waals surface area contributed by atoms with Gasteiger partial charge < -0.3 is 0 Å². The Kier molecular flexibility index (Phi) is 3.70. The van der Waals surface area contributed by atoms with E-state index in [-0.39, 0.29) is 0 Å². The molecule has 0 atom stereocenters. The van der Waals surface area contributed by atoms with Crippen molar-refractivity contribution in [1.82, 2.24) is 0 Å². The fourth-order valence-corrected chi connectivity index (χ4v) is 8.09. The number of rotatable bonds is 2. The van der Waals surface area contributed by atoms with E-state index in [1.54, 1.807) is 21.5 Å². The van der Waals surface area contributed by atoms with Crippen molar-refractivity contribution in [1.29, 1.82) is 0 Å². The van der Waals surface area contributed by atoms with Crippen molar-refractivity contribution >= 4 is 29.6 Å². The molecule has 2 aromatic rings. The van der Waals surface area contributed by atoms with E-state index in [0.29, 0.717) is 0 Å². The maximum Gasteiger partial charge on any atom is 0.113 e. The van der Waals surface area contributed by atoms with Crippen LogP contribution in [0.15, 0.2) is 47.5 Å². The normalized spacial score (nSPS) is 16.6. The molecule has 0 N–H and O–H groups in total. The highest BCUT2D eigenvalue weighted by Crippen LogP contribution is 2.35. The first-order valence-electron chi connectivity index (χ1n) is 9.40. The van der Waals surface area contributed by atoms with Crippen LogP contribution in [0, 0.1) is 0 Å². The van der Waals surface area contributed by atoms with Gasteiger partial charge in [0.15, 0.2) is 0 Å². The van der Waals surface area contributed by atoms with Gasteiger partial charge in [0.1, 0.15) is 8.07 Å². The van der Waals surface area contributed by atoms with Gasteiger partial charge in [0.25, 0.3) is 0 Å². The van der Waals surface area contributed by atoms with Crippen LogP contribution in [0.2, 0.25) is 13.1 Å². The lowest BCUT2D eigenvalue weighted by Crippen LogP contribution is -2.55. The Morgan fingerprint density at radius 1 is 0.640 bits per heavy atom. The molecule has 0 saturated carbocycles. The molecule has 0 saturated heterocycles. The van der Waals surface area contributed by atoms with Gasteiger partial charge in [-0.05, 0) is 84.3 Å². The Labute approximate surface area is 153 Å². The van der Waals surface area contributed by atoms with E-state index < -0.39 is 8.07 Å². The highest BCUT2D eigenvalue weighted by molar-refractivity contribution is 7.01. The van der Waals surface area contributed by atoms with Crippen molar-refractivity contribution in [2.75, 3.05) is 0 Å². The van der Waals surface area contributed by atoms with Crippen LogP contribution in [0.1, 0.15) is 49.9 Å². The summed E-state index contributed by atoms with van der Waals surface area (Å²) < 4.78 is 0. The summed E-state index contributed by atoms with van der Waals surface area (Å²) in [6, 6.07) is 14.0. The van der Waals surface area contributed by atoms with Crippen LogP contribution in [-0.4, -0.2) is 8.07 Å². The topological polar surface area (TPSA) is 0 Å². The van der Waals surface area contributed by atoms with Gasteiger partial charge in [0.05, 0.1) is 0 Å². The number of hydrogen-bond donors (Lipinski definition) is 0. The molecule has 0 fully saturated rings. The van der Waals surface area contributed by atoms with Gasteiger partial charge >= 0.3 is 0 Å². The highest BCUT2D eigenvalue weighted by atomic mass is 28.3. The Balaban J connectivity index is 1.96. The van der Waals surface area contributed by atoms with E-state index in [9.17, 15) is 0 Å². The fraction of sp³-hybridized carbons (Fsp3) is 0.333. The molecular formula is C24H28Si. The van der Waals surface area contributed by atoms with Crippen molar-refractivity contribution in [3.8, 4) is 0 Å². The molecule has 2 aromatic carbocycles. The summed E-state index contributed by atoms with van der Waals surface area (Å²) in [6.45, 7) is 14.3. The van der Waals surface area contributed by atoms with Crippen molar-refractivity contribution in [2.24, 2.45) is 0 Å². The molecule has 25 heavy (non-hydrogen) atoms. The van der Waals surface area contributed by atoms with Crippen molar-refractivity contribution < 1.29 is 0 Å². The van der Waals surface area contributed by atoms with Crippen molar-refractivity contribution in [3.63, 3.8) is 0 Å². The summed E-state index contributed by atoms with van der Waals surface area (Å²) in [6.07, 6.45) is 2.26. The van der Waals surface area contributed by atoms with Gasteiger partial charge in [-0.25, -0.2) is 0 Å². The predicted octanol–water partition coefficient (Wildman–Crippen LogP) is 5.21. The summed E-state index contributed by atoms with van der Waals surface area (Å²) in [4.78, 5) is 0. The Hall–Kier alpha value is -1.86. The molecule has 0 radical (unpaired) electrons. The van der Waals surface area contributed by atoms with Crippen molar-refractivity contribution in [2.45, 2.75) is 53.6 Å². The first-order valence-corrected chi connectivity index (χ1v) is 12.4. The Morgan fingerprint density at radius 2 is 1.04 bits per heavy atom. The van der Waals surface area contributed by atoms with Gasteiger partial charge in [0.2, 0.25) is 0 Å². The summed E-state index contributed by atoms with van der Waals surface area (Å²) in [7, 11) is -1.78. The third-order valence-electron chi connectivity index (χ3n) is 6.59. The quantitative estimate of drug-likeness (QED) is 0.656. The first kappa shape index (κ1) is 16.6. The second-order valence-electron chi connectivity index (χ2n) is 8.47. The average molecular weight is 345 g/mol. The summed E-state index contributed by atoms with van der Waals surface area (Å²) in [5.41, 5.74) is 12.3. The molecule has 0 unspecified atom stereocenters. The van der Waals surface area contributed by atoms with Crippen molar-refractivity contribution in [3.05, 3.63) is 69.8 Å². The minimum absolute atomic E-state index is 1.13. The van der Waals surface area contributed by atoms with Crippen LogP contribution in [0.5, 0.6) is 0 Å². The molecule has 2 aliphatic carbocycles. The van der Waals surface area contributed by atoms with Gasteiger partial charge in [0, 0.05) is 0 Å². The molecule has 128 valence electrons. The summed E-state index contributed by atoms with van der Waals surface area (Å²) >= 11 is 0. The zero-order valence-corrected chi connectivity index (χ0v) is 17.4. The van der Waals surface area contributed by atoms with Crippen LogP contribution in [0.3, 0.4) is 0 Å². The zero-order valence-electron chi connectivity index (χ0n) is 16.4. The number of allylic oxidation sites excluding steroid dienone is 4. The average Bonchev–Trinajstić information content (AvgIpc) is 3.04. The molecule has 0 spiro atoms. The Morgan fingerprint density at radius 3 is 1.44 bits per heavy atom. The third-order valence-corrected chi connectivity index (χ3v) is 10.1. The van der Waals surface area contributed by atoms with E-state index in [1.807, 2.05) is 0 Å². The van der Waals surface area contributed by atoms with Gasteiger partial charge in [-0.3, -0.25) is 0 Å². The van der Waals surface area contributed by atoms with Gasteiger partial charge in [-0.15, -0.1) is 0 Å². The third kappa shape index (κ3) is 2.32. The van der Waals surface area contributed by atoms with Gasteiger partial charge in [-0.1, -0.05) is 60.6 Å². The number of fused-ring (bicyclic) bond motifs is 2. The lowest BCUT2D eigenvalue weighted by molar-refractivity contribution is 1.19. The molecule has 1 heteroatoms. The lowest BCUT2D eigenvalue weighted by atomic mass is 10.1. The highest BCUT2D eigenvalue weighted by Gasteiger charge is 2.35. The molecule has 2 aliphatic rings. The molecular weight excluding hydrogens is 316 g/mol.